The molecule has 1 aromatic rings. The van der Waals surface area contributed by atoms with Gasteiger partial charge in [0.15, 0.2) is 0 Å². The largest absolute Gasteiger partial charge is 0.494 e. The molecule has 1 heterocycles. The van der Waals surface area contributed by atoms with E-state index in [1.807, 2.05) is 12.1 Å². The Kier molecular flexibility index (Phi) is 5.20. The van der Waals surface area contributed by atoms with E-state index in [-0.39, 0.29) is 11.9 Å². The predicted octanol–water partition coefficient (Wildman–Crippen LogP) is 0.224. The third kappa shape index (κ3) is 4.11. The summed E-state index contributed by atoms with van der Waals surface area (Å²) in [6.45, 7) is 3.12. The van der Waals surface area contributed by atoms with Crippen LogP contribution in [0.4, 0.5) is 5.69 Å². The Hall–Kier alpha value is -1.79. The van der Waals surface area contributed by atoms with Crippen molar-refractivity contribution in [1.29, 1.82) is 0 Å². The number of nitrogens with two attached hydrogens (primary N) is 2. The molecule has 1 unspecified atom stereocenters. The van der Waals surface area contributed by atoms with Crippen LogP contribution in [0.15, 0.2) is 24.3 Å². The fourth-order valence-corrected chi connectivity index (χ4v) is 2.19. The number of nitrogens with zero attached hydrogens (tertiary/aromatic N) is 1. The van der Waals surface area contributed by atoms with Crippen LogP contribution in [0.5, 0.6) is 5.75 Å². The molecule has 0 saturated carbocycles. The van der Waals surface area contributed by atoms with Crippen molar-refractivity contribution < 1.29 is 14.3 Å². The lowest BCUT2D eigenvalue weighted by atomic mass is 10.2. The van der Waals surface area contributed by atoms with Crippen molar-refractivity contribution in [3.63, 3.8) is 0 Å². The van der Waals surface area contributed by atoms with Gasteiger partial charge in [0.05, 0.1) is 19.8 Å². The molecule has 1 fully saturated rings. The van der Waals surface area contributed by atoms with Crippen molar-refractivity contribution in [2.75, 3.05) is 38.6 Å². The zero-order valence-corrected chi connectivity index (χ0v) is 11.5. The van der Waals surface area contributed by atoms with Crippen molar-refractivity contribution in [3.05, 3.63) is 24.3 Å². The highest BCUT2D eigenvalue weighted by molar-refractivity contribution is 5.80. The molecule has 1 amide bonds. The number of amides is 1. The first-order valence-electron chi connectivity index (χ1n) is 6.76. The van der Waals surface area contributed by atoms with E-state index in [0.29, 0.717) is 19.8 Å². The number of hydrogen-bond donors (Lipinski definition) is 2. The number of ether oxygens (including phenoxy) is 2. The number of nitrogen functional groups attached to an aromatic ring is 1. The number of primary amides is 1. The lowest BCUT2D eigenvalue weighted by Gasteiger charge is -2.33. The van der Waals surface area contributed by atoms with Crippen LogP contribution in [0.2, 0.25) is 0 Å². The molecule has 6 heteroatoms. The van der Waals surface area contributed by atoms with Gasteiger partial charge in [-0.3, -0.25) is 9.69 Å². The van der Waals surface area contributed by atoms with Crippen LogP contribution in [0.1, 0.15) is 6.42 Å². The van der Waals surface area contributed by atoms with Gasteiger partial charge in [0, 0.05) is 18.8 Å². The van der Waals surface area contributed by atoms with Gasteiger partial charge in [-0.1, -0.05) is 0 Å². The maximum Gasteiger partial charge on any atom is 0.237 e. The molecule has 0 aliphatic carbocycles. The van der Waals surface area contributed by atoms with Gasteiger partial charge in [-0.2, -0.15) is 0 Å². The number of rotatable bonds is 6. The molecular formula is C14H21N3O3. The quantitative estimate of drug-likeness (QED) is 0.574. The molecule has 4 N–H and O–H groups in total. The first-order chi connectivity index (χ1) is 9.66. The molecule has 0 radical (unpaired) electrons. The highest BCUT2D eigenvalue weighted by Gasteiger charge is 2.26. The van der Waals surface area contributed by atoms with Gasteiger partial charge in [0.1, 0.15) is 11.8 Å². The minimum atomic E-state index is -0.329. The molecule has 20 heavy (non-hydrogen) atoms. The molecule has 0 spiro atoms. The van der Waals surface area contributed by atoms with Gasteiger partial charge in [0.2, 0.25) is 5.91 Å². The SMILES string of the molecule is NC(=O)C1COCCN1CCCOc1ccc(N)cc1. The average Bonchev–Trinajstić information content (AvgIpc) is 2.46. The fourth-order valence-electron chi connectivity index (χ4n) is 2.19. The molecule has 1 saturated heterocycles. The van der Waals surface area contributed by atoms with E-state index in [2.05, 4.69) is 4.90 Å². The molecule has 2 rings (SSSR count). The second-order valence-electron chi connectivity index (χ2n) is 4.80. The summed E-state index contributed by atoms with van der Waals surface area (Å²) < 4.78 is 10.9. The second kappa shape index (κ2) is 7.12. The zero-order valence-electron chi connectivity index (χ0n) is 11.5. The minimum Gasteiger partial charge on any atom is -0.494 e. The van der Waals surface area contributed by atoms with E-state index in [1.54, 1.807) is 12.1 Å². The summed E-state index contributed by atoms with van der Waals surface area (Å²) in [7, 11) is 0. The number of carbonyl (C=O) groups is 1. The summed E-state index contributed by atoms with van der Waals surface area (Å²) in [4.78, 5) is 13.4. The summed E-state index contributed by atoms with van der Waals surface area (Å²) in [5, 5.41) is 0. The van der Waals surface area contributed by atoms with E-state index >= 15 is 0 Å². The van der Waals surface area contributed by atoms with Crippen LogP contribution in [-0.4, -0.2) is 49.8 Å². The Labute approximate surface area is 118 Å². The van der Waals surface area contributed by atoms with E-state index < -0.39 is 0 Å². The van der Waals surface area contributed by atoms with Crippen molar-refractivity contribution in [3.8, 4) is 5.75 Å². The molecule has 6 nitrogen and oxygen atoms in total. The van der Waals surface area contributed by atoms with Gasteiger partial charge in [-0.15, -0.1) is 0 Å². The van der Waals surface area contributed by atoms with Crippen molar-refractivity contribution in [2.45, 2.75) is 12.5 Å². The maximum atomic E-state index is 11.3. The van der Waals surface area contributed by atoms with Gasteiger partial charge in [-0.25, -0.2) is 0 Å². The molecule has 0 bridgehead atoms. The molecule has 1 aromatic carbocycles. The third-order valence-corrected chi connectivity index (χ3v) is 3.31. The van der Waals surface area contributed by atoms with E-state index in [4.69, 9.17) is 20.9 Å². The Bertz CT molecular complexity index is 436. The highest BCUT2D eigenvalue weighted by atomic mass is 16.5. The smallest absolute Gasteiger partial charge is 0.237 e. The summed E-state index contributed by atoms with van der Waals surface area (Å²) in [6, 6.07) is 6.98. The predicted molar refractivity (Wildman–Crippen MR) is 76.3 cm³/mol. The number of anilines is 1. The molecule has 1 aliphatic heterocycles. The Balaban J connectivity index is 1.72. The standard InChI is InChI=1S/C14H21N3O3/c15-11-2-4-12(5-3-11)20-8-1-6-17-7-9-19-10-13(17)14(16)18/h2-5,13H,1,6-10,15H2,(H2,16,18). The van der Waals surface area contributed by atoms with Crippen LogP contribution >= 0.6 is 0 Å². The Morgan fingerprint density at radius 3 is 2.85 bits per heavy atom. The summed E-state index contributed by atoms with van der Waals surface area (Å²) in [5.74, 6) is 0.469. The van der Waals surface area contributed by atoms with E-state index in [9.17, 15) is 4.79 Å². The second-order valence-corrected chi connectivity index (χ2v) is 4.80. The normalized spacial score (nSPS) is 19.7. The lowest BCUT2D eigenvalue weighted by Crippen LogP contribution is -2.52. The average molecular weight is 279 g/mol. The molecule has 1 aliphatic rings. The lowest BCUT2D eigenvalue weighted by molar-refractivity contribution is -0.129. The summed E-state index contributed by atoms with van der Waals surface area (Å²) >= 11 is 0. The van der Waals surface area contributed by atoms with Crippen LogP contribution in [0.3, 0.4) is 0 Å². The highest BCUT2D eigenvalue weighted by Crippen LogP contribution is 2.13. The monoisotopic (exact) mass is 279 g/mol. The fraction of sp³-hybridized carbons (Fsp3) is 0.500. The molecule has 110 valence electrons. The summed E-state index contributed by atoms with van der Waals surface area (Å²) in [6.07, 6.45) is 0.828. The van der Waals surface area contributed by atoms with Crippen LogP contribution in [0.25, 0.3) is 0 Å². The van der Waals surface area contributed by atoms with Gasteiger partial charge in [-0.05, 0) is 30.7 Å². The minimum absolute atomic E-state index is 0.319. The van der Waals surface area contributed by atoms with Gasteiger partial charge >= 0.3 is 0 Å². The summed E-state index contributed by atoms with van der Waals surface area (Å²) in [5.41, 5.74) is 11.7. The van der Waals surface area contributed by atoms with E-state index in [0.717, 1.165) is 30.9 Å². The van der Waals surface area contributed by atoms with Crippen molar-refractivity contribution in [2.24, 2.45) is 5.73 Å². The number of carbonyl (C=O) groups excluding carboxylic acids is 1. The topological polar surface area (TPSA) is 90.8 Å². The van der Waals surface area contributed by atoms with Crippen molar-refractivity contribution in [1.82, 2.24) is 4.90 Å². The van der Waals surface area contributed by atoms with Crippen LogP contribution < -0.4 is 16.2 Å². The van der Waals surface area contributed by atoms with Gasteiger partial charge < -0.3 is 20.9 Å². The number of benzene rings is 1. The first-order valence-corrected chi connectivity index (χ1v) is 6.76. The maximum absolute atomic E-state index is 11.3. The Morgan fingerprint density at radius 1 is 1.40 bits per heavy atom. The first kappa shape index (κ1) is 14.6. The van der Waals surface area contributed by atoms with Gasteiger partial charge in [0.25, 0.3) is 0 Å². The zero-order chi connectivity index (χ0) is 14.4. The van der Waals surface area contributed by atoms with Crippen LogP contribution in [0, 0.1) is 0 Å². The van der Waals surface area contributed by atoms with E-state index in [1.165, 1.54) is 0 Å². The number of morpholine rings is 1. The number of hydrogen-bond acceptors (Lipinski definition) is 5. The third-order valence-electron chi connectivity index (χ3n) is 3.31. The molecule has 0 aromatic heterocycles. The Morgan fingerprint density at radius 2 is 2.15 bits per heavy atom. The van der Waals surface area contributed by atoms with Crippen molar-refractivity contribution >= 4 is 11.6 Å². The molecule has 1 atom stereocenters. The van der Waals surface area contributed by atoms with Crippen LogP contribution in [-0.2, 0) is 9.53 Å². The molecular weight excluding hydrogens is 258 g/mol.